The molecule has 0 spiro atoms. The van der Waals surface area contributed by atoms with Crippen molar-refractivity contribution in [2.75, 3.05) is 23.8 Å². The minimum Gasteiger partial charge on any atom is -0.357 e. The number of aromatic nitrogens is 2. The van der Waals surface area contributed by atoms with Crippen LogP contribution < -0.4 is 10.2 Å². The Labute approximate surface area is 139 Å². The molecule has 0 saturated heterocycles. The summed E-state index contributed by atoms with van der Waals surface area (Å²) in [7, 11) is -0.911. The molecule has 0 amide bonds. The molecule has 1 aromatic heterocycles. The third kappa shape index (κ3) is 3.09. The average Bonchev–Trinajstić information content (AvgIpc) is 2.91. The third-order valence-electron chi connectivity index (χ3n) is 3.61. The zero-order chi connectivity index (χ0) is 16.6. The lowest BCUT2D eigenvalue weighted by Gasteiger charge is -2.20. The molecule has 2 heterocycles. The SMILES string of the molecule is CNc1nc(Cl)c2c(n1)N(c1ccc(C[SH](=O)=O)cc1F)CC2. The van der Waals surface area contributed by atoms with Gasteiger partial charge < -0.3 is 10.2 Å². The van der Waals surface area contributed by atoms with Gasteiger partial charge in [-0.1, -0.05) is 17.7 Å². The maximum absolute atomic E-state index is 14.4. The molecule has 0 fully saturated rings. The Morgan fingerprint density at radius 3 is 2.83 bits per heavy atom. The van der Waals surface area contributed by atoms with Gasteiger partial charge in [0.05, 0.1) is 11.4 Å². The van der Waals surface area contributed by atoms with Crippen LogP contribution >= 0.6 is 11.6 Å². The van der Waals surface area contributed by atoms with Gasteiger partial charge in [0.2, 0.25) is 5.95 Å². The first-order chi connectivity index (χ1) is 11.0. The smallest absolute Gasteiger partial charge is 0.225 e. The predicted octanol–water partition coefficient (Wildman–Crippen LogP) is 2.12. The number of hydrogen-bond acceptors (Lipinski definition) is 6. The van der Waals surface area contributed by atoms with E-state index in [1.807, 2.05) is 0 Å². The van der Waals surface area contributed by atoms with Crippen LogP contribution in [0.2, 0.25) is 5.15 Å². The van der Waals surface area contributed by atoms with Crippen molar-refractivity contribution < 1.29 is 12.8 Å². The molecule has 3 rings (SSSR count). The number of rotatable bonds is 4. The molecular weight excluding hydrogens is 343 g/mol. The molecule has 0 aliphatic carbocycles. The van der Waals surface area contributed by atoms with Gasteiger partial charge in [0.25, 0.3) is 0 Å². The monoisotopic (exact) mass is 356 g/mol. The van der Waals surface area contributed by atoms with E-state index in [0.717, 1.165) is 5.56 Å². The first kappa shape index (κ1) is 15.9. The molecule has 1 aliphatic heterocycles. The summed E-state index contributed by atoms with van der Waals surface area (Å²) in [4.78, 5) is 10.2. The zero-order valence-electron chi connectivity index (χ0n) is 12.2. The second-order valence-corrected chi connectivity index (χ2v) is 6.41. The van der Waals surface area contributed by atoms with E-state index in [4.69, 9.17) is 11.6 Å². The number of benzene rings is 1. The molecule has 6 nitrogen and oxygen atoms in total. The van der Waals surface area contributed by atoms with E-state index < -0.39 is 16.5 Å². The Morgan fingerprint density at radius 1 is 1.39 bits per heavy atom. The van der Waals surface area contributed by atoms with E-state index in [1.54, 1.807) is 24.1 Å². The summed E-state index contributed by atoms with van der Waals surface area (Å²) in [6.07, 6.45) is 0.617. The highest BCUT2D eigenvalue weighted by molar-refractivity contribution is 7.71. The molecule has 0 unspecified atom stereocenters. The van der Waals surface area contributed by atoms with Gasteiger partial charge in [0.1, 0.15) is 27.5 Å². The number of fused-ring (bicyclic) bond motifs is 1. The van der Waals surface area contributed by atoms with E-state index in [9.17, 15) is 12.8 Å². The fourth-order valence-electron chi connectivity index (χ4n) is 2.58. The van der Waals surface area contributed by atoms with Crippen LogP contribution in [0.15, 0.2) is 18.2 Å². The largest absolute Gasteiger partial charge is 0.357 e. The second kappa shape index (κ2) is 6.29. The molecule has 23 heavy (non-hydrogen) atoms. The summed E-state index contributed by atoms with van der Waals surface area (Å²) in [5.74, 6) is 0.256. The summed E-state index contributed by atoms with van der Waals surface area (Å²) in [5.41, 5.74) is 1.53. The molecule has 0 bridgehead atoms. The highest BCUT2D eigenvalue weighted by Crippen LogP contribution is 2.37. The van der Waals surface area contributed by atoms with Crippen LogP contribution in [0, 0.1) is 5.82 Å². The zero-order valence-corrected chi connectivity index (χ0v) is 13.9. The number of thiol groups is 1. The molecule has 1 aliphatic rings. The van der Waals surface area contributed by atoms with E-state index in [1.165, 1.54) is 6.07 Å². The van der Waals surface area contributed by atoms with Gasteiger partial charge >= 0.3 is 0 Å². The standard InChI is InChI=1S/C14H14ClFN4O2S/c1-17-14-18-12(15)9-4-5-20(13(9)19-14)11-3-2-8(6-10(11)16)7-23(21)22/h2-3,6,23H,4-5,7H2,1H3,(H,17,18,19). The van der Waals surface area contributed by atoms with Crippen LogP contribution in [0.3, 0.4) is 0 Å². The summed E-state index contributed by atoms with van der Waals surface area (Å²) < 4.78 is 35.9. The minimum absolute atomic E-state index is 0.180. The molecule has 0 atom stereocenters. The number of nitrogens with one attached hydrogen (secondary N) is 1. The number of halogens is 2. The van der Waals surface area contributed by atoms with E-state index >= 15 is 0 Å². The molecule has 0 saturated carbocycles. The van der Waals surface area contributed by atoms with Crippen molar-refractivity contribution in [1.29, 1.82) is 0 Å². The molecule has 1 aromatic carbocycles. The molecule has 2 aromatic rings. The Kier molecular flexibility index (Phi) is 4.36. The van der Waals surface area contributed by atoms with E-state index in [2.05, 4.69) is 15.3 Å². The van der Waals surface area contributed by atoms with Crippen molar-refractivity contribution in [3.8, 4) is 0 Å². The molecular formula is C14H14ClFN4O2S. The fourth-order valence-corrected chi connectivity index (χ4v) is 3.33. The summed E-state index contributed by atoms with van der Waals surface area (Å²) in [6, 6.07) is 4.40. The molecule has 1 N–H and O–H groups in total. The van der Waals surface area contributed by atoms with Gasteiger partial charge in [-0.3, -0.25) is 0 Å². The van der Waals surface area contributed by atoms with Crippen LogP contribution in [-0.4, -0.2) is 32.0 Å². The maximum atomic E-state index is 14.4. The normalized spacial score (nSPS) is 13.5. The maximum Gasteiger partial charge on any atom is 0.225 e. The fraction of sp³-hybridized carbons (Fsp3) is 0.286. The number of anilines is 3. The highest BCUT2D eigenvalue weighted by atomic mass is 35.5. The minimum atomic E-state index is -2.59. The summed E-state index contributed by atoms with van der Waals surface area (Å²) >= 11 is 6.15. The predicted molar refractivity (Wildman–Crippen MR) is 87.7 cm³/mol. The van der Waals surface area contributed by atoms with Gasteiger partial charge in [0.15, 0.2) is 0 Å². The van der Waals surface area contributed by atoms with Crippen molar-refractivity contribution in [3.05, 3.63) is 40.3 Å². The van der Waals surface area contributed by atoms with Crippen molar-refractivity contribution in [2.24, 2.45) is 0 Å². The van der Waals surface area contributed by atoms with Crippen molar-refractivity contribution >= 4 is 39.8 Å². The van der Waals surface area contributed by atoms with Gasteiger partial charge in [-0.05, 0) is 24.1 Å². The Bertz CT molecular complexity index is 836. The van der Waals surface area contributed by atoms with Gasteiger partial charge in [-0.25, -0.2) is 17.8 Å². The van der Waals surface area contributed by atoms with Crippen molar-refractivity contribution in [3.63, 3.8) is 0 Å². The topological polar surface area (TPSA) is 75.2 Å². The van der Waals surface area contributed by atoms with Crippen LogP contribution in [0.25, 0.3) is 0 Å². The summed E-state index contributed by atoms with van der Waals surface area (Å²) in [5, 5.41) is 3.17. The van der Waals surface area contributed by atoms with Crippen LogP contribution in [0.5, 0.6) is 0 Å². The van der Waals surface area contributed by atoms with Gasteiger partial charge in [-0.15, -0.1) is 0 Å². The Hall–Kier alpha value is -1.93. The first-order valence-electron chi connectivity index (χ1n) is 6.91. The van der Waals surface area contributed by atoms with Crippen LogP contribution in [-0.2, 0) is 22.9 Å². The van der Waals surface area contributed by atoms with Crippen molar-refractivity contribution in [2.45, 2.75) is 12.2 Å². The van der Waals surface area contributed by atoms with E-state index in [-0.39, 0.29) is 5.75 Å². The molecule has 0 radical (unpaired) electrons. The number of hydrogen-bond donors (Lipinski definition) is 2. The Balaban J connectivity index is 2.01. The van der Waals surface area contributed by atoms with E-state index in [0.29, 0.717) is 41.1 Å². The molecule has 9 heteroatoms. The number of nitrogens with zero attached hydrogens (tertiary/aromatic N) is 3. The van der Waals surface area contributed by atoms with Gasteiger partial charge in [0, 0.05) is 19.2 Å². The highest BCUT2D eigenvalue weighted by Gasteiger charge is 2.27. The first-order valence-corrected chi connectivity index (χ1v) is 8.65. The summed E-state index contributed by atoms with van der Waals surface area (Å²) in [6.45, 7) is 0.531. The van der Waals surface area contributed by atoms with Crippen LogP contribution in [0.1, 0.15) is 11.1 Å². The third-order valence-corrected chi connectivity index (χ3v) is 4.55. The average molecular weight is 357 g/mol. The second-order valence-electron chi connectivity index (χ2n) is 5.07. The lowest BCUT2D eigenvalue weighted by Crippen LogP contribution is -2.16. The lowest BCUT2D eigenvalue weighted by atomic mass is 10.2. The lowest BCUT2D eigenvalue weighted by molar-refractivity contribution is 0.612. The van der Waals surface area contributed by atoms with Crippen molar-refractivity contribution in [1.82, 2.24) is 9.97 Å². The quantitative estimate of drug-likeness (QED) is 0.645. The van der Waals surface area contributed by atoms with Crippen LogP contribution in [0.4, 0.5) is 21.8 Å². The Morgan fingerprint density at radius 2 is 2.17 bits per heavy atom. The van der Waals surface area contributed by atoms with Gasteiger partial charge in [-0.2, -0.15) is 4.98 Å². The molecule has 122 valence electrons.